The minimum Gasteiger partial charge on any atom is -0.444 e. The molecule has 0 spiro atoms. The Bertz CT molecular complexity index is 633. The van der Waals surface area contributed by atoms with Gasteiger partial charge in [0.1, 0.15) is 11.4 Å². The first-order valence-electron chi connectivity index (χ1n) is 7.90. The summed E-state index contributed by atoms with van der Waals surface area (Å²) in [6.45, 7) is 7.32. The van der Waals surface area contributed by atoms with Gasteiger partial charge in [-0.2, -0.15) is 0 Å². The largest absolute Gasteiger partial charge is 0.444 e. The van der Waals surface area contributed by atoms with E-state index < -0.39 is 23.6 Å². The Hall–Kier alpha value is -1.53. The Balaban J connectivity index is 2.40. The molecule has 2 amide bonds. The van der Waals surface area contributed by atoms with Crippen molar-refractivity contribution in [3.63, 3.8) is 0 Å². The van der Waals surface area contributed by atoms with Crippen molar-refractivity contribution in [1.29, 1.82) is 0 Å². The topological polar surface area (TPSA) is 67.4 Å². The molecule has 1 aromatic rings. The van der Waals surface area contributed by atoms with Gasteiger partial charge in [-0.1, -0.05) is 23.2 Å². The fraction of sp³-hybridized carbons (Fsp3) is 0.529. The summed E-state index contributed by atoms with van der Waals surface area (Å²) in [5, 5.41) is 5.52. The smallest absolute Gasteiger partial charge is 0.407 e. The summed E-state index contributed by atoms with van der Waals surface area (Å²) in [6.07, 6.45) is 0.124. The maximum Gasteiger partial charge on any atom is 0.407 e. The van der Waals surface area contributed by atoms with E-state index in [4.69, 9.17) is 27.9 Å². The van der Waals surface area contributed by atoms with Crippen LogP contribution in [0.2, 0.25) is 10.0 Å². The van der Waals surface area contributed by atoms with E-state index in [-0.39, 0.29) is 22.4 Å². The van der Waals surface area contributed by atoms with Crippen LogP contribution in [-0.2, 0) is 9.53 Å². The van der Waals surface area contributed by atoms with Crippen LogP contribution in [0.15, 0.2) is 12.1 Å². The monoisotopic (exact) mass is 392 g/mol. The van der Waals surface area contributed by atoms with Crippen LogP contribution >= 0.6 is 23.2 Å². The third-order valence-corrected chi connectivity index (χ3v) is 3.75. The number of carbonyl (C=O) groups is 2. The standard InChI is InChI=1S/C17H23Cl2FN2O3/c1-10(11-8-14(20)13(19)9-12(11)18)22-15(23)6-5-7-21-16(24)25-17(2,3)4/h8-10H,5-7H2,1-4H3,(H,21,24)(H,22,23)/t10-/m1/s1. The summed E-state index contributed by atoms with van der Waals surface area (Å²) in [5.74, 6) is -0.825. The predicted octanol–water partition coefficient (Wildman–Crippen LogP) is 4.61. The lowest BCUT2D eigenvalue weighted by atomic mass is 10.1. The summed E-state index contributed by atoms with van der Waals surface area (Å²) in [4.78, 5) is 23.4. The average Bonchev–Trinajstić information content (AvgIpc) is 2.45. The average molecular weight is 393 g/mol. The van der Waals surface area contributed by atoms with Crippen molar-refractivity contribution in [3.8, 4) is 0 Å². The first-order valence-corrected chi connectivity index (χ1v) is 8.66. The molecule has 0 aromatic heterocycles. The zero-order chi connectivity index (χ0) is 19.2. The number of ether oxygens (including phenoxy) is 1. The van der Waals surface area contributed by atoms with Crippen LogP contribution in [0, 0.1) is 5.82 Å². The van der Waals surface area contributed by atoms with Crippen molar-refractivity contribution in [2.24, 2.45) is 0 Å². The summed E-state index contributed by atoms with van der Waals surface area (Å²) in [6, 6.07) is 2.05. The second-order valence-corrected chi connectivity index (χ2v) is 7.42. The predicted molar refractivity (Wildman–Crippen MR) is 96.4 cm³/mol. The van der Waals surface area contributed by atoms with Gasteiger partial charge in [-0.15, -0.1) is 0 Å². The zero-order valence-electron chi connectivity index (χ0n) is 14.7. The van der Waals surface area contributed by atoms with Crippen molar-refractivity contribution in [2.45, 2.75) is 52.2 Å². The summed E-state index contributed by atoms with van der Waals surface area (Å²) in [7, 11) is 0. The number of amides is 2. The van der Waals surface area contributed by atoms with Gasteiger partial charge in [-0.3, -0.25) is 4.79 Å². The molecule has 0 aliphatic rings. The molecule has 1 aromatic carbocycles. The first kappa shape index (κ1) is 21.5. The number of rotatable bonds is 6. The molecule has 0 bridgehead atoms. The lowest BCUT2D eigenvalue weighted by Crippen LogP contribution is -2.33. The van der Waals surface area contributed by atoms with E-state index in [1.165, 1.54) is 12.1 Å². The van der Waals surface area contributed by atoms with Gasteiger partial charge in [0.05, 0.1) is 11.1 Å². The normalized spacial score (nSPS) is 12.4. The van der Waals surface area contributed by atoms with Crippen LogP contribution < -0.4 is 10.6 Å². The highest BCUT2D eigenvalue weighted by Gasteiger charge is 2.17. The van der Waals surface area contributed by atoms with Gasteiger partial charge in [0.25, 0.3) is 0 Å². The third-order valence-electron chi connectivity index (χ3n) is 3.13. The van der Waals surface area contributed by atoms with Crippen molar-refractivity contribution >= 4 is 35.2 Å². The summed E-state index contributed by atoms with van der Waals surface area (Å²) < 4.78 is 18.6. The fourth-order valence-electron chi connectivity index (χ4n) is 2.01. The van der Waals surface area contributed by atoms with Crippen LogP contribution in [0.1, 0.15) is 52.1 Å². The molecule has 1 rings (SSSR count). The van der Waals surface area contributed by atoms with E-state index in [1.807, 2.05) is 0 Å². The molecule has 0 aliphatic heterocycles. The molecule has 0 saturated carbocycles. The molecule has 0 fully saturated rings. The fourth-order valence-corrected chi connectivity index (χ4v) is 2.56. The van der Waals surface area contributed by atoms with E-state index in [1.54, 1.807) is 27.7 Å². The van der Waals surface area contributed by atoms with Gasteiger partial charge in [0.15, 0.2) is 0 Å². The number of nitrogens with one attached hydrogen (secondary N) is 2. The van der Waals surface area contributed by atoms with E-state index >= 15 is 0 Å². The summed E-state index contributed by atoms with van der Waals surface area (Å²) in [5.41, 5.74) is -0.118. The molecule has 0 saturated heterocycles. The van der Waals surface area contributed by atoms with Gasteiger partial charge in [0, 0.05) is 18.0 Å². The van der Waals surface area contributed by atoms with Crippen LogP contribution in [0.25, 0.3) is 0 Å². The maximum absolute atomic E-state index is 13.5. The summed E-state index contributed by atoms with van der Waals surface area (Å²) >= 11 is 11.7. The second-order valence-electron chi connectivity index (χ2n) is 6.61. The zero-order valence-corrected chi connectivity index (χ0v) is 16.2. The van der Waals surface area contributed by atoms with Gasteiger partial charge < -0.3 is 15.4 Å². The Kier molecular flexibility index (Phi) is 7.96. The van der Waals surface area contributed by atoms with Crippen molar-refractivity contribution < 1.29 is 18.7 Å². The van der Waals surface area contributed by atoms with Crippen LogP contribution in [0.5, 0.6) is 0 Å². The molecule has 0 radical (unpaired) electrons. The first-order chi connectivity index (χ1) is 11.5. The minimum atomic E-state index is -0.594. The molecule has 0 heterocycles. The number of hydrogen-bond donors (Lipinski definition) is 2. The van der Waals surface area contributed by atoms with Crippen molar-refractivity contribution in [2.75, 3.05) is 6.54 Å². The van der Waals surface area contributed by atoms with Gasteiger partial charge in [-0.05, 0) is 51.8 Å². The Morgan fingerprint density at radius 1 is 1.24 bits per heavy atom. The van der Waals surface area contributed by atoms with Crippen molar-refractivity contribution in [3.05, 3.63) is 33.6 Å². The lowest BCUT2D eigenvalue weighted by Gasteiger charge is -2.19. The van der Waals surface area contributed by atoms with Gasteiger partial charge >= 0.3 is 6.09 Å². The number of halogens is 3. The Morgan fingerprint density at radius 3 is 2.48 bits per heavy atom. The molecule has 2 N–H and O–H groups in total. The van der Waals surface area contributed by atoms with Crippen LogP contribution in [0.3, 0.4) is 0 Å². The highest BCUT2D eigenvalue weighted by Crippen LogP contribution is 2.28. The molecule has 8 heteroatoms. The molecule has 0 aliphatic carbocycles. The third kappa shape index (κ3) is 7.92. The molecule has 0 unspecified atom stereocenters. The molecule has 25 heavy (non-hydrogen) atoms. The number of hydrogen-bond acceptors (Lipinski definition) is 3. The quantitative estimate of drug-likeness (QED) is 0.548. The van der Waals surface area contributed by atoms with Gasteiger partial charge in [0.2, 0.25) is 5.91 Å². The highest BCUT2D eigenvalue weighted by atomic mass is 35.5. The molecular weight excluding hydrogens is 370 g/mol. The molecule has 140 valence electrons. The molecule has 1 atom stereocenters. The molecule has 5 nitrogen and oxygen atoms in total. The van der Waals surface area contributed by atoms with E-state index in [0.717, 1.165) is 0 Å². The van der Waals surface area contributed by atoms with E-state index in [0.29, 0.717) is 18.5 Å². The van der Waals surface area contributed by atoms with E-state index in [2.05, 4.69) is 10.6 Å². The Labute approximate surface area is 157 Å². The van der Waals surface area contributed by atoms with E-state index in [9.17, 15) is 14.0 Å². The highest BCUT2D eigenvalue weighted by molar-refractivity contribution is 6.35. The van der Waals surface area contributed by atoms with Crippen molar-refractivity contribution in [1.82, 2.24) is 10.6 Å². The maximum atomic E-state index is 13.5. The SMILES string of the molecule is C[C@@H](NC(=O)CCCNC(=O)OC(C)(C)C)c1cc(F)c(Cl)cc1Cl. The second kappa shape index (κ2) is 9.25. The van der Waals surface area contributed by atoms with Crippen LogP contribution in [-0.4, -0.2) is 24.1 Å². The number of carbonyl (C=O) groups excluding carboxylic acids is 2. The Morgan fingerprint density at radius 2 is 1.88 bits per heavy atom. The van der Waals surface area contributed by atoms with Gasteiger partial charge in [-0.25, -0.2) is 9.18 Å². The molecular formula is C17H23Cl2FN2O3. The lowest BCUT2D eigenvalue weighted by molar-refractivity contribution is -0.121. The number of benzene rings is 1. The number of alkyl carbamates (subject to hydrolysis) is 1. The van der Waals surface area contributed by atoms with Crippen LogP contribution in [0.4, 0.5) is 9.18 Å². The minimum absolute atomic E-state index is 0.0690.